The molecule has 2 N–H and O–H groups in total. The van der Waals surface area contributed by atoms with Crippen LogP contribution in [0.5, 0.6) is 0 Å². The van der Waals surface area contributed by atoms with Gasteiger partial charge in [0.2, 0.25) is 5.91 Å². The number of nitrogens with one attached hydrogen (secondary N) is 2. The van der Waals surface area contributed by atoms with Crippen molar-refractivity contribution in [3.8, 4) is 5.82 Å². The summed E-state index contributed by atoms with van der Waals surface area (Å²) in [5.41, 5.74) is 2.79. The standard InChI is InChI=1S/C23H25N7O3/c1-15-16(2)30(14-28-15)20-12-19(26-13-27-20)24-9-10-25-21(31)8-5-11-29-22(32)17-6-3-4-7-18(17)23(29)33/h3-4,6-7,12-14H,5,8-11H2,1-2H3,(H,25,31)(H,24,26,27). The van der Waals surface area contributed by atoms with Crippen molar-refractivity contribution in [1.29, 1.82) is 0 Å². The molecule has 33 heavy (non-hydrogen) atoms. The highest BCUT2D eigenvalue weighted by molar-refractivity contribution is 6.21. The maximum absolute atomic E-state index is 12.3. The van der Waals surface area contributed by atoms with Crippen LogP contribution in [0.25, 0.3) is 5.82 Å². The summed E-state index contributed by atoms with van der Waals surface area (Å²) in [5.74, 6) is 0.616. The largest absolute Gasteiger partial charge is 0.368 e. The number of amides is 3. The van der Waals surface area contributed by atoms with Gasteiger partial charge in [-0.15, -0.1) is 0 Å². The van der Waals surface area contributed by atoms with Crippen molar-refractivity contribution in [3.05, 3.63) is 65.5 Å². The first-order valence-corrected chi connectivity index (χ1v) is 10.7. The van der Waals surface area contributed by atoms with Crippen molar-refractivity contribution < 1.29 is 14.4 Å². The van der Waals surface area contributed by atoms with Crippen molar-refractivity contribution in [2.75, 3.05) is 25.0 Å². The summed E-state index contributed by atoms with van der Waals surface area (Å²) >= 11 is 0. The predicted octanol–water partition coefficient (Wildman–Crippen LogP) is 1.88. The Kier molecular flexibility index (Phi) is 6.43. The minimum absolute atomic E-state index is 0.138. The van der Waals surface area contributed by atoms with Crippen LogP contribution in [-0.4, -0.2) is 61.8 Å². The summed E-state index contributed by atoms with van der Waals surface area (Å²) in [4.78, 5) is 50.8. The molecular formula is C23H25N7O3. The van der Waals surface area contributed by atoms with Crippen LogP contribution in [0.2, 0.25) is 0 Å². The number of anilines is 1. The average Bonchev–Trinajstić information content (AvgIpc) is 3.28. The summed E-state index contributed by atoms with van der Waals surface area (Å²) in [6, 6.07) is 8.58. The fourth-order valence-electron chi connectivity index (χ4n) is 3.63. The fourth-order valence-corrected chi connectivity index (χ4v) is 3.63. The molecule has 3 amide bonds. The molecule has 4 rings (SSSR count). The van der Waals surface area contributed by atoms with Gasteiger partial charge in [-0.1, -0.05) is 12.1 Å². The van der Waals surface area contributed by atoms with E-state index in [9.17, 15) is 14.4 Å². The zero-order valence-corrected chi connectivity index (χ0v) is 18.5. The number of imide groups is 1. The summed E-state index contributed by atoms with van der Waals surface area (Å²) in [5, 5.41) is 5.99. The Hall–Kier alpha value is -4.08. The molecule has 0 radical (unpaired) electrons. The van der Waals surface area contributed by atoms with Crippen molar-refractivity contribution in [2.45, 2.75) is 26.7 Å². The van der Waals surface area contributed by atoms with Gasteiger partial charge in [0.25, 0.3) is 11.8 Å². The van der Waals surface area contributed by atoms with E-state index in [1.807, 2.05) is 24.5 Å². The van der Waals surface area contributed by atoms with Crippen molar-refractivity contribution in [3.63, 3.8) is 0 Å². The quantitative estimate of drug-likeness (QED) is 0.379. The van der Waals surface area contributed by atoms with Crippen LogP contribution >= 0.6 is 0 Å². The Morgan fingerprint density at radius 1 is 1.00 bits per heavy atom. The zero-order valence-electron chi connectivity index (χ0n) is 18.5. The Labute approximate surface area is 191 Å². The van der Waals surface area contributed by atoms with Crippen LogP contribution in [0.4, 0.5) is 5.82 Å². The maximum Gasteiger partial charge on any atom is 0.261 e. The van der Waals surface area contributed by atoms with E-state index in [1.165, 1.54) is 11.2 Å². The number of benzene rings is 1. The number of fused-ring (bicyclic) bond motifs is 1. The van der Waals surface area contributed by atoms with E-state index in [4.69, 9.17) is 0 Å². The third-order valence-electron chi connectivity index (χ3n) is 5.57. The molecule has 0 unspecified atom stereocenters. The molecule has 3 heterocycles. The van der Waals surface area contributed by atoms with Crippen LogP contribution in [0.1, 0.15) is 44.9 Å². The Morgan fingerprint density at radius 3 is 2.39 bits per heavy atom. The predicted molar refractivity (Wildman–Crippen MR) is 121 cm³/mol. The van der Waals surface area contributed by atoms with E-state index >= 15 is 0 Å². The third kappa shape index (κ3) is 4.74. The van der Waals surface area contributed by atoms with Gasteiger partial charge in [-0.3, -0.25) is 23.9 Å². The minimum Gasteiger partial charge on any atom is -0.368 e. The average molecular weight is 447 g/mol. The second-order valence-electron chi connectivity index (χ2n) is 7.73. The van der Waals surface area contributed by atoms with E-state index in [0.717, 1.165) is 11.4 Å². The number of aromatic nitrogens is 4. The lowest BCUT2D eigenvalue weighted by Gasteiger charge is -2.13. The van der Waals surface area contributed by atoms with E-state index < -0.39 is 0 Å². The number of imidazole rings is 1. The summed E-state index contributed by atoms with van der Waals surface area (Å²) in [6.07, 6.45) is 3.83. The van der Waals surface area contributed by atoms with Gasteiger partial charge >= 0.3 is 0 Å². The first-order valence-electron chi connectivity index (χ1n) is 10.7. The maximum atomic E-state index is 12.3. The minimum atomic E-state index is -0.300. The molecule has 0 aliphatic carbocycles. The van der Waals surface area contributed by atoms with Crippen LogP contribution in [0.3, 0.4) is 0 Å². The Balaban J connectivity index is 1.18. The monoisotopic (exact) mass is 447 g/mol. The molecule has 0 spiro atoms. The van der Waals surface area contributed by atoms with Gasteiger partial charge in [0.15, 0.2) is 0 Å². The fraction of sp³-hybridized carbons (Fsp3) is 0.304. The van der Waals surface area contributed by atoms with Gasteiger partial charge in [-0.2, -0.15) is 0 Å². The summed E-state index contributed by atoms with van der Waals surface area (Å²) in [6.45, 7) is 5.03. The summed E-state index contributed by atoms with van der Waals surface area (Å²) in [7, 11) is 0. The lowest BCUT2D eigenvalue weighted by atomic mass is 10.1. The molecule has 10 heteroatoms. The van der Waals surface area contributed by atoms with Crippen LogP contribution < -0.4 is 10.6 Å². The van der Waals surface area contributed by atoms with Gasteiger partial charge < -0.3 is 10.6 Å². The first-order chi connectivity index (χ1) is 16.0. The molecule has 10 nitrogen and oxygen atoms in total. The molecule has 1 aromatic carbocycles. The molecule has 0 atom stereocenters. The SMILES string of the molecule is Cc1ncn(-c2cc(NCCNC(=O)CCCN3C(=O)c4ccccc4C3=O)ncn2)c1C. The second kappa shape index (κ2) is 9.60. The number of carbonyl (C=O) groups is 3. The number of aryl methyl sites for hydroxylation is 1. The lowest BCUT2D eigenvalue weighted by molar-refractivity contribution is -0.121. The highest BCUT2D eigenvalue weighted by Gasteiger charge is 2.34. The molecule has 0 saturated carbocycles. The number of hydrogen-bond donors (Lipinski definition) is 2. The lowest BCUT2D eigenvalue weighted by Crippen LogP contribution is -2.33. The Bertz CT molecular complexity index is 1170. The van der Waals surface area contributed by atoms with Gasteiger partial charge in [-0.25, -0.2) is 15.0 Å². The molecule has 0 saturated heterocycles. The number of rotatable bonds is 9. The van der Waals surface area contributed by atoms with Crippen LogP contribution in [0.15, 0.2) is 43.0 Å². The molecule has 170 valence electrons. The molecule has 1 aliphatic heterocycles. The van der Waals surface area contributed by atoms with Crippen molar-refractivity contribution in [2.24, 2.45) is 0 Å². The topological polar surface area (TPSA) is 122 Å². The highest BCUT2D eigenvalue weighted by Crippen LogP contribution is 2.22. The van der Waals surface area contributed by atoms with Gasteiger partial charge in [0, 0.05) is 37.8 Å². The highest BCUT2D eigenvalue weighted by atomic mass is 16.2. The second-order valence-corrected chi connectivity index (χ2v) is 7.73. The van der Waals surface area contributed by atoms with Crippen molar-refractivity contribution >= 4 is 23.5 Å². The first kappa shape index (κ1) is 22.1. The smallest absolute Gasteiger partial charge is 0.261 e. The third-order valence-corrected chi connectivity index (χ3v) is 5.57. The van der Waals surface area contributed by atoms with Gasteiger partial charge in [-0.05, 0) is 32.4 Å². The van der Waals surface area contributed by atoms with Gasteiger partial charge in [0.05, 0.1) is 16.8 Å². The van der Waals surface area contributed by atoms with Gasteiger partial charge in [0.1, 0.15) is 24.3 Å². The normalized spacial score (nSPS) is 12.7. The molecule has 1 aliphatic rings. The van der Waals surface area contributed by atoms with Crippen LogP contribution in [-0.2, 0) is 4.79 Å². The number of carbonyl (C=O) groups excluding carboxylic acids is 3. The number of nitrogens with zero attached hydrogens (tertiary/aromatic N) is 5. The molecular weight excluding hydrogens is 422 g/mol. The summed E-state index contributed by atoms with van der Waals surface area (Å²) < 4.78 is 1.89. The van der Waals surface area contributed by atoms with E-state index in [-0.39, 0.29) is 30.7 Å². The number of hydrogen-bond acceptors (Lipinski definition) is 7. The van der Waals surface area contributed by atoms with Crippen LogP contribution in [0, 0.1) is 13.8 Å². The molecule has 3 aromatic rings. The Morgan fingerprint density at radius 2 is 1.73 bits per heavy atom. The van der Waals surface area contributed by atoms with E-state index in [2.05, 4.69) is 25.6 Å². The van der Waals surface area contributed by atoms with E-state index in [1.54, 1.807) is 30.6 Å². The van der Waals surface area contributed by atoms with Crippen molar-refractivity contribution in [1.82, 2.24) is 29.7 Å². The van der Waals surface area contributed by atoms with E-state index in [0.29, 0.717) is 42.3 Å². The molecule has 0 fully saturated rings. The zero-order chi connectivity index (χ0) is 23.4. The molecule has 0 bridgehead atoms. The molecule has 2 aromatic heterocycles.